The number of aryl methyl sites for hydroxylation is 3. The molecule has 0 aromatic carbocycles. The minimum Gasteiger partial charge on any atom is -0.850 e. The van der Waals surface area contributed by atoms with Crippen LogP contribution in [0.1, 0.15) is 163 Å². The molecule has 418 valence electrons. The largest absolute Gasteiger partial charge is 1.00 e. The fourth-order valence-electron chi connectivity index (χ4n) is 9.31. The third-order valence-electron chi connectivity index (χ3n) is 13.7. The SMILES string of the molecule is CC(C)(C)[O-].Cc1ccc(Cl)nc1.Cc1ccc(NC2CCC(O)CC2)nc1.Cc1ccc(NC2CCC(Oc3ncccc3C3CCOCC3)CC2)nc1.Fc1ncccc1C1CCOCC1.NC1CCC(O)CC1.[Na+]. The summed E-state index contributed by atoms with van der Waals surface area (Å²) in [6.45, 7) is 14.1. The topological polar surface area (TPSA) is 206 Å². The van der Waals surface area contributed by atoms with Crippen molar-refractivity contribution in [3.63, 3.8) is 0 Å². The Kier molecular flexibility index (Phi) is 30.4. The molecule has 77 heavy (non-hydrogen) atoms. The zero-order valence-corrected chi connectivity index (χ0v) is 49.8. The molecule has 14 nitrogen and oxygen atoms in total. The molecule has 2 aliphatic heterocycles. The van der Waals surface area contributed by atoms with Gasteiger partial charge in [0.25, 0.3) is 0 Å². The monoisotopic (exact) mass is 1090 g/mol. The van der Waals surface area contributed by atoms with Crippen LogP contribution in [-0.4, -0.2) is 104 Å². The summed E-state index contributed by atoms with van der Waals surface area (Å²) in [5, 5.41) is 36.0. The van der Waals surface area contributed by atoms with Gasteiger partial charge in [-0.25, -0.2) is 24.9 Å². The van der Waals surface area contributed by atoms with Crippen LogP contribution in [0.25, 0.3) is 0 Å². The Bertz CT molecular complexity index is 2280. The van der Waals surface area contributed by atoms with E-state index in [1.54, 1.807) is 39.1 Å². The van der Waals surface area contributed by atoms with Crippen LogP contribution in [0.2, 0.25) is 5.15 Å². The summed E-state index contributed by atoms with van der Waals surface area (Å²) in [6.07, 6.45) is 24.9. The molecule has 3 aliphatic carbocycles. The molecular formula is C60H87ClFN8NaO6. The fraction of sp³-hybridized carbons (Fsp3) is 0.583. The summed E-state index contributed by atoms with van der Waals surface area (Å²) >= 11 is 5.50. The minimum atomic E-state index is -0.750. The third-order valence-corrected chi connectivity index (χ3v) is 13.9. The van der Waals surface area contributed by atoms with Crippen LogP contribution >= 0.6 is 11.6 Å². The molecular weight excluding hydrogens is 1010 g/mol. The number of rotatable bonds is 8. The van der Waals surface area contributed by atoms with Crippen molar-refractivity contribution in [1.29, 1.82) is 0 Å². The minimum absolute atomic E-state index is 0. The first kappa shape index (κ1) is 65.6. The summed E-state index contributed by atoms with van der Waals surface area (Å²) in [6, 6.07) is 21.0. The van der Waals surface area contributed by atoms with Gasteiger partial charge < -0.3 is 45.9 Å². The van der Waals surface area contributed by atoms with Gasteiger partial charge in [0.15, 0.2) is 0 Å². The van der Waals surface area contributed by atoms with Crippen LogP contribution in [-0.2, 0) is 9.47 Å². The molecule has 0 atom stereocenters. The normalized spacial score (nSPS) is 22.5. The number of aliphatic hydroxyl groups is 2. The zero-order valence-electron chi connectivity index (χ0n) is 47.0. The summed E-state index contributed by atoms with van der Waals surface area (Å²) in [5.41, 5.74) is 10.3. The Morgan fingerprint density at radius 3 is 1.42 bits per heavy atom. The van der Waals surface area contributed by atoms with Crippen molar-refractivity contribution < 1.29 is 63.5 Å². The Labute approximate surface area is 486 Å². The number of ether oxygens (including phenoxy) is 3. The van der Waals surface area contributed by atoms with E-state index in [1.165, 1.54) is 22.9 Å². The van der Waals surface area contributed by atoms with E-state index < -0.39 is 5.60 Å². The zero-order chi connectivity index (χ0) is 54.7. The van der Waals surface area contributed by atoms with E-state index in [9.17, 15) is 14.6 Å². The second-order valence-electron chi connectivity index (χ2n) is 21.7. The van der Waals surface area contributed by atoms with Gasteiger partial charge in [0.2, 0.25) is 11.8 Å². The molecule has 6 N–H and O–H groups in total. The molecule has 5 aliphatic rings. The van der Waals surface area contributed by atoms with Gasteiger partial charge in [-0.1, -0.05) is 62.7 Å². The van der Waals surface area contributed by atoms with Crippen LogP contribution in [0.5, 0.6) is 5.88 Å². The third kappa shape index (κ3) is 27.2. The van der Waals surface area contributed by atoms with E-state index in [4.69, 9.17) is 36.7 Å². The van der Waals surface area contributed by atoms with Crippen LogP contribution in [0.3, 0.4) is 0 Å². The quantitative estimate of drug-likeness (QED) is 0.0735. The number of nitrogens with two attached hydrogens (primary N) is 1. The van der Waals surface area contributed by atoms with Crippen molar-refractivity contribution in [3.05, 3.63) is 131 Å². The molecule has 5 aromatic rings. The molecule has 0 unspecified atom stereocenters. The van der Waals surface area contributed by atoms with Crippen molar-refractivity contribution in [2.45, 2.75) is 198 Å². The smallest absolute Gasteiger partial charge is 0.850 e. The Balaban J connectivity index is 0.000000218. The number of halogens is 2. The van der Waals surface area contributed by atoms with Crippen LogP contribution in [0.4, 0.5) is 16.0 Å². The van der Waals surface area contributed by atoms with Gasteiger partial charge in [0.05, 0.1) is 12.2 Å². The number of hydrogen-bond acceptors (Lipinski definition) is 14. The van der Waals surface area contributed by atoms with Gasteiger partial charge in [-0.15, -0.1) is 5.60 Å². The average molecular weight is 1090 g/mol. The molecule has 3 saturated carbocycles. The first-order valence-electron chi connectivity index (χ1n) is 27.6. The number of pyridine rings is 5. The molecule has 7 heterocycles. The number of aliphatic hydroxyl groups excluding tert-OH is 2. The van der Waals surface area contributed by atoms with Gasteiger partial charge in [0, 0.05) is 86.7 Å². The van der Waals surface area contributed by atoms with E-state index in [1.807, 2.05) is 56.7 Å². The molecule has 0 bridgehead atoms. The van der Waals surface area contributed by atoms with Crippen molar-refractivity contribution in [2.24, 2.45) is 5.73 Å². The number of aromatic nitrogens is 5. The van der Waals surface area contributed by atoms with Crippen molar-refractivity contribution >= 4 is 23.2 Å². The number of nitrogens with one attached hydrogen (secondary N) is 2. The summed E-state index contributed by atoms with van der Waals surface area (Å²) < 4.78 is 30.3. The molecule has 0 amide bonds. The van der Waals surface area contributed by atoms with Gasteiger partial charge in [-0.3, -0.25) is 0 Å². The van der Waals surface area contributed by atoms with Crippen LogP contribution in [0, 0.1) is 26.7 Å². The molecule has 5 aromatic heterocycles. The van der Waals surface area contributed by atoms with Gasteiger partial charge in [-0.2, -0.15) is 4.39 Å². The van der Waals surface area contributed by atoms with Gasteiger partial charge in [0.1, 0.15) is 22.9 Å². The van der Waals surface area contributed by atoms with E-state index in [-0.39, 0.29) is 53.8 Å². The van der Waals surface area contributed by atoms with Crippen molar-refractivity contribution in [2.75, 3.05) is 37.1 Å². The maximum Gasteiger partial charge on any atom is 1.00 e. The molecule has 2 saturated heterocycles. The van der Waals surface area contributed by atoms with E-state index in [0.29, 0.717) is 35.1 Å². The van der Waals surface area contributed by atoms with E-state index >= 15 is 0 Å². The Morgan fingerprint density at radius 1 is 0.584 bits per heavy atom. The molecule has 0 spiro atoms. The van der Waals surface area contributed by atoms with Crippen molar-refractivity contribution in [1.82, 2.24) is 24.9 Å². The molecule has 5 fully saturated rings. The fourth-order valence-corrected chi connectivity index (χ4v) is 9.42. The second-order valence-corrected chi connectivity index (χ2v) is 22.1. The average Bonchev–Trinajstić information content (AvgIpc) is 3.42. The predicted molar refractivity (Wildman–Crippen MR) is 300 cm³/mol. The number of anilines is 2. The molecule has 10 rings (SSSR count). The van der Waals surface area contributed by atoms with Crippen LogP contribution in [0.15, 0.2) is 91.6 Å². The number of nitrogens with zero attached hydrogens (tertiary/aromatic N) is 5. The van der Waals surface area contributed by atoms with E-state index in [0.717, 1.165) is 158 Å². The first-order chi connectivity index (χ1) is 36.5. The van der Waals surface area contributed by atoms with Crippen molar-refractivity contribution in [3.8, 4) is 5.88 Å². The predicted octanol–water partition coefficient (Wildman–Crippen LogP) is 8.14. The van der Waals surface area contributed by atoms with E-state index in [2.05, 4.69) is 66.7 Å². The number of hydrogen-bond donors (Lipinski definition) is 5. The standard InChI is InChI=1S/C22H29N3O2.C12H18N2O.C10H12FNO.C6H6ClN.C6H13NO.C4H9O.Na/c1-16-4-9-21(24-15-16)25-18-5-7-19(8-6-18)27-22-20(3-2-12-23-22)17-10-13-26-14-11-17;1-9-2-7-12(13-8-9)14-10-3-5-11(15)6-4-10;11-10-9(2-1-5-12-10)8-3-6-13-7-4-8;1-5-2-3-6(7)8-4-5;7-5-1-3-6(8)4-2-5;1-4(2,3)5;/h2-4,9,12,15,17-19H,5-8,10-11,13-14H2,1H3,(H,24,25);2,7-8,10-11,15H,3-6H2,1H3,(H,13,14);1-2,5,8H,3-4,6-7H2;2-4H,1H3;5-6,8H,1-4,7H2;1-3H3;/q;;;;;-1;+1. The second kappa shape index (κ2) is 35.7. The molecule has 0 radical (unpaired) electrons. The van der Waals surface area contributed by atoms with Crippen LogP contribution < -0.4 is 55.8 Å². The maximum atomic E-state index is 13.2. The Morgan fingerprint density at radius 2 is 1.00 bits per heavy atom. The summed E-state index contributed by atoms with van der Waals surface area (Å²) in [7, 11) is 0. The summed E-state index contributed by atoms with van der Waals surface area (Å²) in [5.74, 6) is 3.23. The Hall–Kier alpha value is -3.87. The van der Waals surface area contributed by atoms with Gasteiger partial charge in [-0.05, 0) is 182 Å². The summed E-state index contributed by atoms with van der Waals surface area (Å²) in [4.78, 5) is 20.8. The van der Waals surface area contributed by atoms with Gasteiger partial charge >= 0.3 is 29.6 Å². The molecule has 17 heteroatoms. The first-order valence-corrected chi connectivity index (χ1v) is 28.0. The maximum absolute atomic E-state index is 13.2.